The van der Waals surface area contributed by atoms with Gasteiger partial charge in [0.15, 0.2) is 11.8 Å². The summed E-state index contributed by atoms with van der Waals surface area (Å²) in [4.78, 5) is 17.1. The first kappa shape index (κ1) is 20.6. The summed E-state index contributed by atoms with van der Waals surface area (Å²) in [6, 6.07) is 16.2. The van der Waals surface area contributed by atoms with Crippen LogP contribution in [0.1, 0.15) is 38.4 Å². The number of rotatable bonds is 6. The van der Waals surface area contributed by atoms with Crippen molar-refractivity contribution in [3.05, 3.63) is 87.8 Å². The van der Waals surface area contributed by atoms with Gasteiger partial charge in [0.1, 0.15) is 0 Å². The number of aromatic nitrogens is 4. The first-order valence-corrected chi connectivity index (χ1v) is 11.6. The van der Waals surface area contributed by atoms with Crippen molar-refractivity contribution in [2.24, 2.45) is 0 Å². The fourth-order valence-electron chi connectivity index (χ4n) is 4.25. The number of quaternary nitrogens is 1. The van der Waals surface area contributed by atoms with E-state index in [9.17, 15) is 4.79 Å². The molecule has 4 aromatic rings. The molecule has 3 aromatic heterocycles. The van der Waals surface area contributed by atoms with Crippen LogP contribution in [0.3, 0.4) is 0 Å². The topological polar surface area (TPSA) is 81.5 Å². The van der Waals surface area contributed by atoms with Crippen molar-refractivity contribution in [1.82, 2.24) is 25.1 Å². The van der Waals surface area contributed by atoms with E-state index < -0.39 is 0 Å². The fraction of sp³-hybridized carbons (Fsp3) is 0.304. The van der Waals surface area contributed by atoms with E-state index in [0.29, 0.717) is 25.4 Å². The van der Waals surface area contributed by atoms with Gasteiger partial charge >= 0.3 is 0 Å². The third kappa shape index (κ3) is 4.21. The molecule has 5 rings (SSSR count). The Bertz CT molecular complexity index is 1150. The molecule has 1 fully saturated rings. The standard InChI is InChI=1S/C23H24N6O2S/c1-17-6-8-18(9-7-17)21(22-24-25-26-29(22)16-19-4-3-15-32-19)27-10-12-28(13-11-27)23(30)20-5-2-14-31-20/h2-9,14-15,21H,10-13,16H2,1H3/p+1/t21-/m1/s1. The van der Waals surface area contributed by atoms with Gasteiger partial charge in [-0.2, -0.15) is 0 Å². The average molecular weight is 450 g/mol. The van der Waals surface area contributed by atoms with E-state index in [1.807, 2.05) is 15.6 Å². The van der Waals surface area contributed by atoms with Gasteiger partial charge in [-0.15, -0.1) is 16.4 Å². The van der Waals surface area contributed by atoms with Crippen molar-refractivity contribution in [1.29, 1.82) is 0 Å². The molecule has 9 heteroatoms. The molecule has 4 heterocycles. The maximum absolute atomic E-state index is 12.7. The Balaban J connectivity index is 1.40. The monoisotopic (exact) mass is 449 g/mol. The molecule has 0 saturated carbocycles. The number of furan rings is 1. The third-order valence-corrected chi connectivity index (χ3v) is 6.81. The Labute approximate surface area is 190 Å². The fourth-order valence-corrected chi connectivity index (χ4v) is 4.93. The summed E-state index contributed by atoms with van der Waals surface area (Å²) in [7, 11) is 0. The van der Waals surface area contributed by atoms with Crippen molar-refractivity contribution >= 4 is 17.2 Å². The Morgan fingerprint density at radius 1 is 1.16 bits per heavy atom. The molecule has 8 nitrogen and oxygen atoms in total. The Morgan fingerprint density at radius 2 is 1.97 bits per heavy atom. The second kappa shape index (κ2) is 9.05. The molecule has 1 aromatic carbocycles. The quantitative estimate of drug-likeness (QED) is 0.486. The molecular formula is C23H25N6O2S+. The van der Waals surface area contributed by atoms with E-state index >= 15 is 0 Å². The van der Waals surface area contributed by atoms with Gasteiger partial charge in [0.05, 0.1) is 39.0 Å². The van der Waals surface area contributed by atoms with Crippen molar-refractivity contribution in [3.63, 3.8) is 0 Å². The smallest absolute Gasteiger partial charge is 0.289 e. The van der Waals surface area contributed by atoms with Gasteiger partial charge in [0.25, 0.3) is 5.91 Å². The molecule has 0 radical (unpaired) electrons. The van der Waals surface area contributed by atoms with Gasteiger partial charge in [-0.25, -0.2) is 4.68 Å². The molecule has 0 unspecified atom stereocenters. The Hall–Kier alpha value is -3.30. The number of thiophene rings is 1. The predicted octanol–water partition coefficient (Wildman–Crippen LogP) is 1.81. The number of carbonyl (C=O) groups is 1. The van der Waals surface area contributed by atoms with Crippen molar-refractivity contribution < 1.29 is 14.1 Å². The molecule has 1 atom stereocenters. The summed E-state index contributed by atoms with van der Waals surface area (Å²) < 4.78 is 7.21. The SMILES string of the molecule is Cc1ccc([C@H](c2nnnn2Cc2cccs2)[NH+]2CCN(C(=O)c3ccco3)CC2)cc1. The van der Waals surface area contributed by atoms with Gasteiger partial charge in [-0.1, -0.05) is 35.9 Å². The molecule has 0 aliphatic carbocycles. The van der Waals surface area contributed by atoms with Crippen LogP contribution in [0, 0.1) is 6.92 Å². The molecule has 1 aliphatic heterocycles. The van der Waals surface area contributed by atoms with Crippen LogP contribution in [0.4, 0.5) is 0 Å². The Kier molecular flexibility index (Phi) is 5.83. The number of hydrogen-bond acceptors (Lipinski definition) is 6. The van der Waals surface area contributed by atoms with Crippen LogP contribution >= 0.6 is 11.3 Å². The summed E-state index contributed by atoms with van der Waals surface area (Å²) in [5, 5.41) is 14.8. The molecule has 1 amide bonds. The number of hydrogen-bond donors (Lipinski definition) is 1. The lowest BCUT2D eigenvalue weighted by atomic mass is 10.0. The maximum atomic E-state index is 12.7. The van der Waals surface area contributed by atoms with Gasteiger partial charge in [0.2, 0.25) is 5.82 Å². The zero-order chi connectivity index (χ0) is 21.9. The van der Waals surface area contributed by atoms with E-state index in [-0.39, 0.29) is 11.9 Å². The summed E-state index contributed by atoms with van der Waals surface area (Å²) >= 11 is 1.70. The third-order valence-electron chi connectivity index (χ3n) is 5.95. The highest BCUT2D eigenvalue weighted by Crippen LogP contribution is 2.20. The number of piperazine rings is 1. The van der Waals surface area contributed by atoms with Crippen LogP contribution in [0.15, 0.2) is 64.6 Å². The van der Waals surface area contributed by atoms with Crippen LogP contribution in [0.2, 0.25) is 0 Å². The molecule has 0 spiro atoms. The van der Waals surface area contributed by atoms with Gasteiger partial charge in [0, 0.05) is 10.4 Å². The second-order valence-electron chi connectivity index (χ2n) is 8.05. The maximum Gasteiger partial charge on any atom is 0.289 e. The largest absolute Gasteiger partial charge is 0.459 e. The van der Waals surface area contributed by atoms with Crippen LogP contribution < -0.4 is 4.90 Å². The van der Waals surface area contributed by atoms with Gasteiger partial charge in [-0.3, -0.25) is 4.79 Å². The van der Waals surface area contributed by atoms with E-state index in [0.717, 1.165) is 18.9 Å². The van der Waals surface area contributed by atoms with Gasteiger partial charge < -0.3 is 14.2 Å². The van der Waals surface area contributed by atoms with Gasteiger partial charge in [-0.05, 0) is 40.9 Å². The lowest BCUT2D eigenvalue weighted by Crippen LogP contribution is -3.15. The number of benzene rings is 1. The number of aryl methyl sites for hydroxylation is 1. The summed E-state index contributed by atoms with van der Waals surface area (Å²) in [5.74, 6) is 1.19. The molecule has 0 bridgehead atoms. The molecule has 164 valence electrons. The minimum Gasteiger partial charge on any atom is -0.459 e. The molecule has 32 heavy (non-hydrogen) atoms. The van der Waals surface area contributed by atoms with Crippen molar-refractivity contribution in [2.75, 3.05) is 26.2 Å². The number of nitrogens with one attached hydrogen (secondary N) is 1. The highest BCUT2D eigenvalue weighted by molar-refractivity contribution is 7.09. The summed E-state index contributed by atoms with van der Waals surface area (Å²) in [6.07, 6.45) is 1.54. The minimum atomic E-state index is -0.0523. The Morgan fingerprint density at radius 3 is 2.66 bits per heavy atom. The number of amides is 1. The molecular weight excluding hydrogens is 424 g/mol. The number of tetrazole rings is 1. The first-order valence-electron chi connectivity index (χ1n) is 10.7. The second-order valence-corrected chi connectivity index (χ2v) is 9.08. The molecule has 1 saturated heterocycles. The van der Waals surface area contributed by atoms with Crippen LogP contribution in [-0.4, -0.2) is 57.2 Å². The van der Waals surface area contributed by atoms with Crippen molar-refractivity contribution in [3.8, 4) is 0 Å². The van der Waals surface area contributed by atoms with E-state index in [2.05, 4.69) is 58.2 Å². The zero-order valence-corrected chi connectivity index (χ0v) is 18.7. The summed E-state index contributed by atoms with van der Waals surface area (Å²) in [6.45, 7) is 5.66. The van der Waals surface area contributed by atoms with E-state index in [1.165, 1.54) is 27.2 Å². The normalized spacial score (nSPS) is 15.7. The highest BCUT2D eigenvalue weighted by atomic mass is 32.1. The lowest BCUT2D eigenvalue weighted by Gasteiger charge is -2.36. The highest BCUT2D eigenvalue weighted by Gasteiger charge is 2.35. The minimum absolute atomic E-state index is 0.00794. The van der Waals surface area contributed by atoms with E-state index in [4.69, 9.17) is 4.42 Å². The average Bonchev–Trinajstić information content (AvgIpc) is 3.60. The number of carbonyl (C=O) groups excluding carboxylic acids is 1. The first-order chi connectivity index (χ1) is 15.7. The lowest BCUT2D eigenvalue weighted by molar-refractivity contribution is -0.930. The zero-order valence-electron chi connectivity index (χ0n) is 17.8. The molecule has 1 N–H and O–H groups in total. The summed E-state index contributed by atoms with van der Waals surface area (Å²) in [5.41, 5.74) is 2.40. The van der Waals surface area contributed by atoms with E-state index in [1.54, 1.807) is 23.5 Å². The number of nitrogens with zero attached hydrogens (tertiary/aromatic N) is 5. The predicted molar refractivity (Wildman–Crippen MR) is 120 cm³/mol. The van der Waals surface area contributed by atoms with Crippen LogP contribution in [-0.2, 0) is 6.54 Å². The molecule has 1 aliphatic rings. The van der Waals surface area contributed by atoms with Crippen molar-refractivity contribution in [2.45, 2.75) is 19.5 Å². The van der Waals surface area contributed by atoms with Crippen LogP contribution in [0.25, 0.3) is 0 Å². The van der Waals surface area contributed by atoms with Crippen LogP contribution in [0.5, 0.6) is 0 Å².